The normalized spacial score (nSPS) is 16.9. The Balaban J connectivity index is 2.17. The minimum Gasteiger partial charge on any atom is -0.331 e. The standard InChI is InChI=1S/C7H8FN3S/c8-6-3-9-7(10-4-6)11-1-2-12-5-11/h3-4H,1-2,5H2. The van der Waals surface area contributed by atoms with Crippen LogP contribution in [0.3, 0.4) is 0 Å². The van der Waals surface area contributed by atoms with Crippen molar-refractivity contribution in [3.05, 3.63) is 18.2 Å². The van der Waals surface area contributed by atoms with Gasteiger partial charge in [0.1, 0.15) is 0 Å². The predicted octanol–water partition coefficient (Wildman–Crippen LogP) is 1.13. The van der Waals surface area contributed by atoms with Gasteiger partial charge in [-0.25, -0.2) is 14.4 Å². The first-order valence-corrected chi connectivity index (χ1v) is 4.82. The van der Waals surface area contributed by atoms with Gasteiger partial charge in [-0.05, 0) is 0 Å². The minimum atomic E-state index is -0.384. The topological polar surface area (TPSA) is 29.0 Å². The van der Waals surface area contributed by atoms with Crippen LogP contribution in [-0.2, 0) is 0 Å². The quantitative estimate of drug-likeness (QED) is 0.655. The number of hydrogen-bond donors (Lipinski definition) is 0. The van der Waals surface area contributed by atoms with Crippen molar-refractivity contribution in [3.8, 4) is 0 Å². The molecule has 0 aliphatic carbocycles. The fraction of sp³-hybridized carbons (Fsp3) is 0.429. The fourth-order valence-corrected chi connectivity index (χ4v) is 1.98. The summed E-state index contributed by atoms with van der Waals surface area (Å²) in [5.41, 5.74) is 0. The Morgan fingerprint density at radius 2 is 2.17 bits per heavy atom. The largest absolute Gasteiger partial charge is 0.331 e. The summed E-state index contributed by atoms with van der Waals surface area (Å²) in [7, 11) is 0. The number of aromatic nitrogens is 2. The van der Waals surface area contributed by atoms with Crippen molar-refractivity contribution in [2.45, 2.75) is 0 Å². The average molecular weight is 185 g/mol. The molecule has 12 heavy (non-hydrogen) atoms. The van der Waals surface area contributed by atoms with Gasteiger partial charge in [0.05, 0.1) is 18.3 Å². The van der Waals surface area contributed by atoms with Crippen LogP contribution >= 0.6 is 11.8 Å². The molecule has 1 aliphatic rings. The van der Waals surface area contributed by atoms with E-state index in [2.05, 4.69) is 9.97 Å². The third-order valence-corrected chi connectivity index (χ3v) is 2.61. The monoisotopic (exact) mass is 185 g/mol. The van der Waals surface area contributed by atoms with Crippen molar-refractivity contribution in [1.82, 2.24) is 9.97 Å². The number of nitrogens with zero attached hydrogens (tertiary/aromatic N) is 3. The molecule has 0 aromatic carbocycles. The summed E-state index contributed by atoms with van der Waals surface area (Å²) < 4.78 is 12.4. The third kappa shape index (κ3) is 1.50. The van der Waals surface area contributed by atoms with E-state index in [4.69, 9.17) is 0 Å². The van der Waals surface area contributed by atoms with Crippen LogP contribution in [0, 0.1) is 5.82 Å². The number of anilines is 1. The molecule has 1 saturated heterocycles. The molecule has 0 atom stereocenters. The van der Waals surface area contributed by atoms with Crippen LogP contribution in [0.15, 0.2) is 12.4 Å². The Morgan fingerprint density at radius 1 is 1.42 bits per heavy atom. The Morgan fingerprint density at radius 3 is 2.75 bits per heavy atom. The summed E-state index contributed by atoms with van der Waals surface area (Å²) in [6, 6.07) is 0. The van der Waals surface area contributed by atoms with Crippen LogP contribution < -0.4 is 4.90 Å². The maximum absolute atomic E-state index is 12.4. The number of thioether (sulfide) groups is 1. The fourth-order valence-electron chi connectivity index (χ4n) is 1.04. The van der Waals surface area contributed by atoms with E-state index in [1.807, 2.05) is 16.7 Å². The van der Waals surface area contributed by atoms with Gasteiger partial charge >= 0.3 is 0 Å². The lowest BCUT2D eigenvalue weighted by Gasteiger charge is -2.12. The Hall–Kier alpha value is -0.840. The Bertz CT molecular complexity index is 258. The van der Waals surface area contributed by atoms with Gasteiger partial charge in [0, 0.05) is 12.3 Å². The molecule has 0 amide bonds. The van der Waals surface area contributed by atoms with Gasteiger partial charge in [-0.3, -0.25) is 0 Å². The van der Waals surface area contributed by atoms with Crippen molar-refractivity contribution in [3.63, 3.8) is 0 Å². The zero-order valence-electron chi connectivity index (χ0n) is 6.40. The predicted molar refractivity (Wildman–Crippen MR) is 46.7 cm³/mol. The van der Waals surface area contributed by atoms with E-state index >= 15 is 0 Å². The highest BCUT2D eigenvalue weighted by atomic mass is 32.2. The van der Waals surface area contributed by atoms with Gasteiger partial charge in [-0.15, -0.1) is 11.8 Å². The minimum absolute atomic E-state index is 0.384. The lowest BCUT2D eigenvalue weighted by molar-refractivity contribution is 0.612. The molecule has 1 fully saturated rings. The van der Waals surface area contributed by atoms with Gasteiger partial charge in [-0.2, -0.15) is 0 Å². The number of rotatable bonds is 1. The molecule has 2 rings (SSSR count). The highest BCUT2D eigenvalue weighted by molar-refractivity contribution is 7.99. The second kappa shape index (κ2) is 3.26. The molecule has 0 unspecified atom stereocenters. The maximum atomic E-state index is 12.4. The third-order valence-electron chi connectivity index (χ3n) is 1.64. The van der Waals surface area contributed by atoms with Crippen LogP contribution in [-0.4, -0.2) is 28.1 Å². The molecule has 2 heterocycles. The summed E-state index contributed by atoms with van der Waals surface area (Å²) in [5.74, 6) is 2.25. The first-order valence-electron chi connectivity index (χ1n) is 3.66. The lowest BCUT2D eigenvalue weighted by atomic mass is 10.6. The molecule has 3 nitrogen and oxygen atoms in total. The molecule has 64 valence electrons. The smallest absolute Gasteiger partial charge is 0.226 e. The highest BCUT2D eigenvalue weighted by Crippen LogP contribution is 2.17. The Kier molecular flexibility index (Phi) is 2.12. The number of hydrogen-bond acceptors (Lipinski definition) is 4. The van der Waals surface area contributed by atoms with E-state index in [9.17, 15) is 4.39 Å². The van der Waals surface area contributed by atoms with Gasteiger partial charge in [0.2, 0.25) is 5.95 Å². The summed E-state index contributed by atoms with van der Waals surface area (Å²) in [4.78, 5) is 9.81. The molecule has 1 aliphatic heterocycles. The summed E-state index contributed by atoms with van der Waals surface area (Å²) in [6.07, 6.45) is 2.40. The van der Waals surface area contributed by atoms with Crippen molar-refractivity contribution in [2.75, 3.05) is 23.1 Å². The van der Waals surface area contributed by atoms with Crippen molar-refractivity contribution < 1.29 is 4.39 Å². The zero-order chi connectivity index (χ0) is 8.39. The summed E-state index contributed by atoms with van der Waals surface area (Å²) in [5, 5.41) is 0. The first kappa shape index (κ1) is 7.79. The zero-order valence-corrected chi connectivity index (χ0v) is 7.22. The second-order valence-corrected chi connectivity index (χ2v) is 3.58. The SMILES string of the molecule is Fc1cnc(N2CCSC2)nc1. The van der Waals surface area contributed by atoms with E-state index in [1.54, 1.807) is 0 Å². The van der Waals surface area contributed by atoms with E-state index < -0.39 is 0 Å². The van der Waals surface area contributed by atoms with E-state index in [0.29, 0.717) is 5.95 Å². The van der Waals surface area contributed by atoms with Crippen LogP contribution in [0.4, 0.5) is 10.3 Å². The summed E-state index contributed by atoms with van der Waals surface area (Å²) in [6.45, 7) is 0.955. The lowest BCUT2D eigenvalue weighted by Crippen LogP contribution is -2.20. The maximum Gasteiger partial charge on any atom is 0.226 e. The molecule has 0 radical (unpaired) electrons. The molecule has 0 bridgehead atoms. The first-order chi connectivity index (χ1) is 5.86. The summed E-state index contributed by atoms with van der Waals surface area (Å²) >= 11 is 1.83. The molecule has 0 N–H and O–H groups in total. The molecule has 0 saturated carbocycles. The van der Waals surface area contributed by atoms with Crippen LogP contribution in [0.25, 0.3) is 0 Å². The van der Waals surface area contributed by atoms with Crippen molar-refractivity contribution in [2.24, 2.45) is 0 Å². The van der Waals surface area contributed by atoms with E-state index in [1.165, 1.54) is 12.4 Å². The molecule has 1 aromatic rings. The van der Waals surface area contributed by atoms with Gasteiger partial charge < -0.3 is 4.90 Å². The van der Waals surface area contributed by atoms with E-state index in [0.717, 1.165) is 18.2 Å². The Labute approximate surface area is 74.0 Å². The number of halogens is 1. The van der Waals surface area contributed by atoms with Crippen LogP contribution in [0.2, 0.25) is 0 Å². The average Bonchev–Trinajstić information content (AvgIpc) is 2.58. The van der Waals surface area contributed by atoms with Crippen LogP contribution in [0.1, 0.15) is 0 Å². The van der Waals surface area contributed by atoms with Crippen LogP contribution in [0.5, 0.6) is 0 Å². The van der Waals surface area contributed by atoms with Gasteiger partial charge in [-0.1, -0.05) is 0 Å². The van der Waals surface area contributed by atoms with Gasteiger partial charge in [0.15, 0.2) is 5.82 Å². The molecule has 0 spiro atoms. The molecular formula is C7H8FN3S. The van der Waals surface area contributed by atoms with E-state index in [-0.39, 0.29) is 5.82 Å². The highest BCUT2D eigenvalue weighted by Gasteiger charge is 2.14. The molecular weight excluding hydrogens is 177 g/mol. The van der Waals surface area contributed by atoms with Crippen molar-refractivity contribution in [1.29, 1.82) is 0 Å². The molecule has 5 heteroatoms. The van der Waals surface area contributed by atoms with Crippen molar-refractivity contribution >= 4 is 17.7 Å². The van der Waals surface area contributed by atoms with Gasteiger partial charge in [0.25, 0.3) is 0 Å². The second-order valence-electron chi connectivity index (χ2n) is 2.50. The molecule has 1 aromatic heterocycles.